The number of hydrogen-bond acceptors (Lipinski definition) is 7. The smallest absolute Gasteiger partial charge is 0.319 e. The van der Waals surface area contributed by atoms with Crippen molar-refractivity contribution in [1.29, 1.82) is 0 Å². The first-order valence-electron chi connectivity index (χ1n) is 19.7. The molecule has 0 aliphatic carbocycles. The summed E-state index contributed by atoms with van der Waals surface area (Å²) >= 11 is 0. The van der Waals surface area contributed by atoms with Crippen molar-refractivity contribution < 1.29 is 29.2 Å². The topological polar surface area (TPSA) is 113 Å². The molecule has 0 radical (unpaired) electrons. The van der Waals surface area contributed by atoms with Gasteiger partial charge in [0.2, 0.25) is 0 Å². The predicted octanol–water partition coefficient (Wildman–Crippen LogP) is 9.81. The van der Waals surface area contributed by atoms with E-state index in [1.54, 1.807) is 12.1 Å². The third kappa shape index (κ3) is 10.2. The summed E-state index contributed by atoms with van der Waals surface area (Å²) in [5.74, 6) is 1.43. The minimum atomic E-state index is -0.650. The highest BCUT2D eigenvalue weighted by Crippen LogP contribution is 2.42. The molecule has 0 spiro atoms. The lowest BCUT2D eigenvalue weighted by Gasteiger charge is -2.43. The SMILES string of the molecule is CC1C(CN(C)C(C)C(O)c2ccccc2)OC(c2ccc(-c3cccc(CNC(=O)Nc4ccc(Oc5ccccc5)cc4)c3)cc2)OC1c1ccc(CO)cc1. The van der Waals surface area contributed by atoms with E-state index in [4.69, 9.17) is 14.2 Å². The van der Waals surface area contributed by atoms with Gasteiger partial charge in [-0.2, -0.15) is 0 Å². The van der Waals surface area contributed by atoms with Crippen LogP contribution in [-0.4, -0.2) is 46.9 Å². The van der Waals surface area contributed by atoms with E-state index in [0.29, 0.717) is 24.5 Å². The molecule has 1 aliphatic rings. The number of nitrogens with one attached hydrogen (secondary N) is 2. The van der Waals surface area contributed by atoms with Crippen molar-refractivity contribution in [3.8, 4) is 22.6 Å². The Kier molecular flexibility index (Phi) is 13.3. The Morgan fingerprint density at radius 2 is 1.40 bits per heavy atom. The van der Waals surface area contributed by atoms with E-state index in [0.717, 1.165) is 44.7 Å². The predicted molar refractivity (Wildman–Crippen MR) is 227 cm³/mol. The van der Waals surface area contributed by atoms with Crippen LogP contribution in [0.2, 0.25) is 0 Å². The summed E-state index contributed by atoms with van der Waals surface area (Å²) in [6.07, 6.45) is -1.73. The van der Waals surface area contributed by atoms with Crippen LogP contribution in [-0.2, 0) is 22.6 Å². The molecule has 1 saturated heterocycles. The van der Waals surface area contributed by atoms with E-state index in [9.17, 15) is 15.0 Å². The second kappa shape index (κ2) is 19.1. The average molecular weight is 778 g/mol. The van der Waals surface area contributed by atoms with E-state index in [1.807, 2.05) is 135 Å². The summed E-state index contributed by atoms with van der Waals surface area (Å²) in [5, 5.41) is 26.7. The first-order valence-corrected chi connectivity index (χ1v) is 19.7. The molecule has 9 heteroatoms. The quantitative estimate of drug-likeness (QED) is 0.0872. The fourth-order valence-electron chi connectivity index (χ4n) is 7.23. The van der Waals surface area contributed by atoms with E-state index in [-0.39, 0.29) is 36.8 Å². The lowest BCUT2D eigenvalue weighted by Crippen LogP contribution is -2.46. The largest absolute Gasteiger partial charge is 0.457 e. The zero-order valence-electron chi connectivity index (χ0n) is 33.1. The van der Waals surface area contributed by atoms with Crippen molar-refractivity contribution in [2.45, 2.75) is 57.6 Å². The molecule has 1 aliphatic heterocycles. The zero-order chi connectivity index (χ0) is 40.4. The number of ether oxygens (including phenoxy) is 3. The molecule has 1 fully saturated rings. The van der Waals surface area contributed by atoms with Crippen LogP contribution in [0.25, 0.3) is 11.1 Å². The monoisotopic (exact) mass is 777 g/mol. The number of anilines is 1. The van der Waals surface area contributed by atoms with Crippen molar-refractivity contribution in [2.75, 3.05) is 18.9 Å². The second-order valence-electron chi connectivity index (χ2n) is 14.9. The number of aliphatic hydroxyl groups is 2. The van der Waals surface area contributed by atoms with Gasteiger partial charge in [0.25, 0.3) is 0 Å². The molecule has 4 N–H and O–H groups in total. The van der Waals surface area contributed by atoms with Gasteiger partial charge < -0.3 is 35.1 Å². The number of urea groups is 1. The highest BCUT2D eigenvalue weighted by Gasteiger charge is 2.39. The molecule has 0 aromatic heterocycles. The number of para-hydroxylation sites is 1. The van der Waals surface area contributed by atoms with Crippen LogP contribution in [0.4, 0.5) is 10.5 Å². The number of nitrogens with zero attached hydrogens (tertiary/aromatic N) is 1. The number of rotatable bonds is 14. The summed E-state index contributed by atoms with van der Waals surface area (Å²) in [6, 6.07) is 50.3. The fourth-order valence-corrected chi connectivity index (χ4v) is 7.23. The molecular formula is C49H51N3O6. The number of aliphatic hydroxyl groups excluding tert-OH is 2. The number of likely N-dealkylation sites (N-methyl/N-ethyl adjacent to an activating group) is 1. The maximum Gasteiger partial charge on any atom is 0.319 e. The molecule has 6 unspecified atom stereocenters. The molecule has 0 saturated carbocycles. The maximum absolute atomic E-state index is 12.8. The van der Waals surface area contributed by atoms with Gasteiger partial charge in [0.1, 0.15) is 11.5 Å². The van der Waals surface area contributed by atoms with Gasteiger partial charge in [0.15, 0.2) is 6.29 Å². The molecule has 7 rings (SSSR count). The normalized spacial score (nSPS) is 18.9. The van der Waals surface area contributed by atoms with Crippen LogP contribution >= 0.6 is 0 Å². The Bertz CT molecular complexity index is 2200. The Morgan fingerprint density at radius 3 is 2.09 bits per heavy atom. The van der Waals surface area contributed by atoms with Crippen molar-refractivity contribution in [1.82, 2.24) is 10.2 Å². The van der Waals surface area contributed by atoms with Gasteiger partial charge in [0, 0.05) is 36.3 Å². The fraction of sp³-hybridized carbons (Fsp3) is 0.245. The number of hydrogen-bond donors (Lipinski definition) is 4. The van der Waals surface area contributed by atoms with Gasteiger partial charge in [-0.25, -0.2) is 4.79 Å². The number of amides is 2. The Morgan fingerprint density at radius 1 is 0.741 bits per heavy atom. The summed E-state index contributed by atoms with van der Waals surface area (Å²) in [5.41, 5.74) is 7.30. The summed E-state index contributed by atoms with van der Waals surface area (Å²) in [4.78, 5) is 14.9. The molecule has 6 aromatic rings. The lowest BCUT2D eigenvalue weighted by molar-refractivity contribution is -0.276. The highest BCUT2D eigenvalue weighted by atomic mass is 16.7. The Balaban J connectivity index is 0.999. The van der Waals surface area contributed by atoms with Crippen LogP contribution in [0.1, 0.15) is 60.2 Å². The van der Waals surface area contributed by atoms with E-state index >= 15 is 0 Å². The van der Waals surface area contributed by atoms with Crippen molar-refractivity contribution in [2.24, 2.45) is 5.92 Å². The molecule has 6 aromatic carbocycles. The van der Waals surface area contributed by atoms with Gasteiger partial charge in [-0.05, 0) is 89.8 Å². The molecule has 1 heterocycles. The number of carbonyl (C=O) groups excluding carboxylic acids is 1. The van der Waals surface area contributed by atoms with Gasteiger partial charge >= 0.3 is 6.03 Å². The third-order valence-electron chi connectivity index (χ3n) is 10.9. The molecule has 6 atom stereocenters. The van der Waals surface area contributed by atoms with Crippen LogP contribution < -0.4 is 15.4 Å². The van der Waals surface area contributed by atoms with Crippen molar-refractivity contribution in [3.05, 3.63) is 186 Å². The summed E-state index contributed by atoms with van der Waals surface area (Å²) in [6.45, 7) is 5.10. The van der Waals surface area contributed by atoms with Crippen LogP contribution in [0.15, 0.2) is 158 Å². The summed E-state index contributed by atoms with van der Waals surface area (Å²) in [7, 11) is 2.02. The first kappa shape index (κ1) is 40.4. The minimum absolute atomic E-state index is 0.00229. The van der Waals surface area contributed by atoms with Crippen molar-refractivity contribution >= 4 is 11.7 Å². The molecule has 2 amide bonds. The van der Waals surface area contributed by atoms with Gasteiger partial charge in [-0.3, -0.25) is 4.90 Å². The van der Waals surface area contributed by atoms with E-state index in [1.165, 1.54) is 0 Å². The zero-order valence-corrected chi connectivity index (χ0v) is 33.1. The maximum atomic E-state index is 12.8. The third-order valence-corrected chi connectivity index (χ3v) is 10.9. The second-order valence-corrected chi connectivity index (χ2v) is 14.9. The van der Waals surface area contributed by atoms with Crippen LogP contribution in [0, 0.1) is 5.92 Å². The highest BCUT2D eigenvalue weighted by molar-refractivity contribution is 5.89. The molecule has 0 bridgehead atoms. The standard InChI is InChI=1S/C49H51N3O6/c1-33-45(31-52(3)34(2)46(54)38-12-6-4-7-13-38)57-48(58-47(33)39-19-17-35(32-53)18-20-39)40-23-21-37(22-24-40)41-14-10-11-36(29-41)30-50-49(55)51-42-25-27-44(28-26-42)56-43-15-8-5-9-16-43/h4-29,33-34,45-48,53-54H,30-32H2,1-3H3,(H2,50,51,55). The Hall–Kier alpha value is -5.81. The lowest BCUT2D eigenvalue weighted by atomic mass is 9.89. The first-order chi connectivity index (χ1) is 28.2. The summed E-state index contributed by atoms with van der Waals surface area (Å²) < 4.78 is 19.3. The van der Waals surface area contributed by atoms with E-state index < -0.39 is 12.4 Å². The van der Waals surface area contributed by atoms with Crippen molar-refractivity contribution in [3.63, 3.8) is 0 Å². The van der Waals surface area contributed by atoms with Crippen LogP contribution in [0.5, 0.6) is 11.5 Å². The Labute approximate surface area is 340 Å². The average Bonchev–Trinajstić information content (AvgIpc) is 3.27. The van der Waals surface area contributed by atoms with Gasteiger partial charge in [-0.1, -0.05) is 122 Å². The molecular weight excluding hydrogens is 727 g/mol. The molecule has 9 nitrogen and oxygen atoms in total. The number of carbonyl (C=O) groups is 1. The minimum Gasteiger partial charge on any atom is -0.457 e. The van der Waals surface area contributed by atoms with E-state index in [2.05, 4.69) is 46.7 Å². The van der Waals surface area contributed by atoms with Gasteiger partial charge in [-0.15, -0.1) is 0 Å². The molecule has 58 heavy (non-hydrogen) atoms. The van der Waals surface area contributed by atoms with Gasteiger partial charge in [0.05, 0.1) is 24.9 Å². The number of benzene rings is 6. The molecule has 298 valence electrons. The van der Waals surface area contributed by atoms with Crippen LogP contribution in [0.3, 0.4) is 0 Å².